The van der Waals surface area contributed by atoms with E-state index in [1.807, 2.05) is 42.2 Å². The van der Waals surface area contributed by atoms with E-state index in [0.717, 1.165) is 36.6 Å². The summed E-state index contributed by atoms with van der Waals surface area (Å²) in [4.78, 5) is 19.5. The van der Waals surface area contributed by atoms with Gasteiger partial charge in [-0.05, 0) is 24.3 Å². The van der Waals surface area contributed by atoms with Crippen LogP contribution in [0.4, 0.5) is 15.8 Å². The maximum absolute atomic E-state index is 14.6. The molecule has 2 aliphatic rings. The Kier molecular flexibility index (Phi) is 7.36. The van der Waals surface area contributed by atoms with Gasteiger partial charge < -0.3 is 24.4 Å². The largest absolute Gasteiger partial charge is 0.490 e. The van der Waals surface area contributed by atoms with Crippen molar-refractivity contribution in [1.29, 1.82) is 0 Å². The van der Waals surface area contributed by atoms with Gasteiger partial charge in [0.1, 0.15) is 18.0 Å². The van der Waals surface area contributed by atoms with Gasteiger partial charge in [0.25, 0.3) is 0 Å². The molecule has 1 aromatic heterocycles. The Hall–Kier alpha value is -2.74. The molecule has 7 nitrogen and oxygen atoms in total. The number of pyridine rings is 1. The average molecular weight is 492 g/mol. The summed E-state index contributed by atoms with van der Waals surface area (Å²) in [6.07, 6.45) is 1.11. The maximum Gasteiger partial charge on any atom is 0.305 e. The fourth-order valence-corrected chi connectivity index (χ4v) is 5.19. The van der Waals surface area contributed by atoms with Gasteiger partial charge in [0.2, 0.25) is 5.88 Å². The number of anilines is 2. The van der Waals surface area contributed by atoms with Crippen molar-refractivity contribution in [3.63, 3.8) is 0 Å². The number of carbonyl (C=O) groups is 1. The normalized spacial score (nSPS) is 27.0. The zero-order valence-electron chi connectivity index (χ0n) is 19.7. The molecule has 184 valence electrons. The highest BCUT2D eigenvalue weighted by atomic mass is 35.5. The zero-order chi connectivity index (χ0) is 24.4. The summed E-state index contributed by atoms with van der Waals surface area (Å²) in [6.45, 7) is 6.05. The smallest absolute Gasteiger partial charge is 0.305 e. The molecule has 9 heteroatoms. The quantitative estimate of drug-likeness (QED) is 0.603. The minimum atomic E-state index is -1.16. The van der Waals surface area contributed by atoms with E-state index in [9.17, 15) is 14.3 Å². The molecule has 2 aliphatic heterocycles. The molecule has 1 N–H and O–H groups in total. The molecule has 0 aliphatic carbocycles. The predicted octanol–water partition coefficient (Wildman–Crippen LogP) is 4.67. The monoisotopic (exact) mass is 491 g/mol. The Labute approximate surface area is 204 Å². The van der Waals surface area contributed by atoms with Gasteiger partial charge in [0.05, 0.1) is 36.5 Å². The number of aromatic nitrogens is 1. The third-order valence-electron chi connectivity index (χ3n) is 6.82. The van der Waals surface area contributed by atoms with E-state index in [2.05, 4.69) is 16.8 Å². The molecule has 2 aromatic rings. The van der Waals surface area contributed by atoms with E-state index in [1.165, 1.54) is 0 Å². The minimum Gasteiger partial charge on any atom is -0.490 e. The summed E-state index contributed by atoms with van der Waals surface area (Å²) >= 11 is 6.37. The van der Waals surface area contributed by atoms with Crippen LogP contribution < -0.4 is 19.3 Å². The van der Waals surface area contributed by atoms with Gasteiger partial charge in [-0.25, -0.2) is 9.37 Å². The summed E-state index contributed by atoms with van der Waals surface area (Å²) in [7, 11) is 1.58. The predicted molar refractivity (Wildman–Crippen MR) is 130 cm³/mol. The molecular formula is C25H31ClFN3O4. The molecule has 5 atom stereocenters. The van der Waals surface area contributed by atoms with Crippen LogP contribution in [0.15, 0.2) is 36.5 Å². The number of piperidine rings is 1. The fraction of sp³-hybridized carbons (Fsp3) is 0.520. The first kappa shape index (κ1) is 24.4. The van der Waals surface area contributed by atoms with Crippen molar-refractivity contribution in [3.05, 3.63) is 41.6 Å². The molecule has 34 heavy (non-hydrogen) atoms. The van der Waals surface area contributed by atoms with E-state index < -0.39 is 18.2 Å². The van der Waals surface area contributed by atoms with Crippen LogP contribution in [0, 0.1) is 11.8 Å². The molecule has 2 saturated heterocycles. The van der Waals surface area contributed by atoms with Crippen LogP contribution in [-0.4, -0.2) is 61.1 Å². The first-order valence-electron chi connectivity index (χ1n) is 11.6. The number of hydrogen-bond donors (Lipinski definition) is 1. The van der Waals surface area contributed by atoms with Gasteiger partial charge in [-0.3, -0.25) is 4.79 Å². The molecule has 0 radical (unpaired) electrons. The topological polar surface area (TPSA) is 75.1 Å². The number of hydrogen-bond acceptors (Lipinski definition) is 6. The molecule has 2 fully saturated rings. The molecule has 4 rings (SSSR count). The number of nitrogens with zero attached hydrogens (tertiary/aromatic N) is 3. The number of halogens is 2. The van der Waals surface area contributed by atoms with E-state index in [1.54, 1.807) is 13.3 Å². The average Bonchev–Trinajstić information content (AvgIpc) is 3.09. The number of benzene rings is 1. The Balaban J connectivity index is 1.39. The highest BCUT2D eigenvalue weighted by Crippen LogP contribution is 2.35. The number of aliphatic carboxylic acids is 1. The summed E-state index contributed by atoms with van der Waals surface area (Å²) < 4.78 is 26.1. The molecule has 3 heterocycles. The first-order valence-corrected chi connectivity index (χ1v) is 12.0. The molecule has 0 saturated carbocycles. The minimum absolute atomic E-state index is 0.0476. The molecule has 0 bridgehead atoms. The second-order valence-corrected chi connectivity index (χ2v) is 9.69. The maximum atomic E-state index is 14.6. The van der Waals surface area contributed by atoms with E-state index >= 15 is 0 Å². The number of rotatable bonds is 7. The van der Waals surface area contributed by atoms with Crippen LogP contribution >= 0.6 is 11.6 Å². The van der Waals surface area contributed by atoms with Crippen LogP contribution in [0.3, 0.4) is 0 Å². The number of ether oxygens (including phenoxy) is 2. The van der Waals surface area contributed by atoms with Crippen molar-refractivity contribution in [1.82, 2.24) is 4.98 Å². The summed E-state index contributed by atoms with van der Waals surface area (Å²) in [6, 6.07) is 8.74. The van der Waals surface area contributed by atoms with Crippen LogP contribution in [0.5, 0.6) is 11.6 Å². The van der Waals surface area contributed by atoms with Gasteiger partial charge in [0, 0.05) is 49.6 Å². The lowest BCUT2D eigenvalue weighted by atomic mass is 9.96. The van der Waals surface area contributed by atoms with Gasteiger partial charge >= 0.3 is 5.97 Å². The van der Waals surface area contributed by atoms with Crippen molar-refractivity contribution < 1.29 is 23.8 Å². The Bertz CT molecular complexity index is 1010. The van der Waals surface area contributed by atoms with Crippen molar-refractivity contribution in [2.45, 2.75) is 45.0 Å². The van der Waals surface area contributed by atoms with Crippen molar-refractivity contribution >= 4 is 28.9 Å². The summed E-state index contributed by atoms with van der Waals surface area (Å²) in [5.41, 5.74) is 1.72. The van der Waals surface area contributed by atoms with E-state index in [-0.39, 0.29) is 24.4 Å². The van der Waals surface area contributed by atoms with Crippen LogP contribution in [0.2, 0.25) is 5.02 Å². The van der Waals surface area contributed by atoms with Gasteiger partial charge in [0.15, 0.2) is 0 Å². The van der Waals surface area contributed by atoms with Crippen molar-refractivity contribution in [2.75, 3.05) is 36.5 Å². The van der Waals surface area contributed by atoms with E-state index in [4.69, 9.17) is 21.1 Å². The van der Waals surface area contributed by atoms with Gasteiger partial charge in [-0.1, -0.05) is 25.4 Å². The lowest BCUT2D eigenvalue weighted by molar-refractivity contribution is -0.137. The lowest BCUT2D eigenvalue weighted by Gasteiger charge is -2.38. The third-order valence-corrected chi connectivity index (χ3v) is 7.11. The molecule has 2 unspecified atom stereocenters. The highest BCUT2D eigenvalue weighted by molar-refractivity contribution is 6.33. The number of carboxylic acids is 1. The zero-order valence-corrected chi connectivity index (χ0v) is 20.4. The Morgan fingerprint density at radius 3 is 2.62 bits per heavy atom. The highest BCUT2D eigenvalue weighted by Gasteiger charge is 2.41. The van der Waals surface area contributed by atoms with Gasteiger partial charge in [-0.2, -0.15) is 0 Å². The van der Waals surface area contributed by atoms with Crippen molar-refractivity contribution in [3.8, 4) is 11.6 Å². The second kappa shape index (κ2) is 10.3. The summed E-state index contributed by atoms with van der Waals surface area (Å²) in [5.74, 6) is 0.341. The van der Waals surface area contributed by atoms with Crippen LogP contribution in [0.1, 0.15) is 26.7 Å². The standard InChI is InChI=1S/C25H31ClFN3O4/c1-15-13-29(20-10-23(33-3)28-12-19(20)26)9-8-22(15)34-18-6-4-17(5-7-18)30-14-16(2)25(27)21(30)11-24(31)32/h4-7,10,12,15-16,21-22,25H,8-9,11,13-14H2,1-3H3,(H,31,32)/t15?,16-,21-,22?,25+/m0/s1. The first-order chi connectivity index (χ1) is 16.3. The fourth-order valence-electron chi connectivity index (χ4n) is 4.97. The van der Waals surface area contributed by atoms with Gasteiger partial charge in [-0.15, -0.1) is 0 Å². The SMILES string of the molecule is COc1cc(N2CCC(Oc3ccc(N4C[C@H](C)[C@@H](F)[C@@H]4CC(=O)O)cc3)C(C)C2)c(Cl)cn1. The van der Waals surface area contributed by atoms with Crippen LogP contribution in [-0.2, 0) is 4.79 Å². The Morgan fingerprint density at radius 1 is 1.24 bits per heavy atom. The number of alkyl halides is 1. The molecule has 0 spiro atoms. The molecule has 0 amide bonds. The summed E-state index contributed by atoms with van der Waals surface area (Å²) in [5, 5.41) is 9.79. The Morgan fingerprint density at radius 2 is 1.97 bits per heavy atom. The molecular weight excluding hydrogens is 461 g/mol. The number of methoxy groups -OCH3 is 1. The third kappa shape index (κ3) is 5.17. The number of carboxylic acid groups (broad SMARTS) is 1. The van der Waals surface area contributed by atoms with Crippen molar-refractivity contribution in [2.24, 2.45) is 11.8 Å². The van der Waals surface area contributed by atoms with E-state index in [0.29, 0.717) is 17.4 Å². The lowest BCUT2D eigenvalue weighted by Crippen LogP contribution is -2.44. The second-order valence-electron chi connectivity index (χ2n) is 9.28. The van der Waals surface area contributed by atoms with Crippen LogP contribution in [0.25, 0.3) is 0 Å². The molecule has 1 aromatic carbocycles.